The molecular formula is C25H26N2O6S. The van der Waals surface area contributed by atoms with Crippen molar-refractivity contribution >= 4 is 33.3 Å². The van der Waals surface area contributed by atoms with Crippen molar-refractivity contribution in [2.45, 2.75) is 25.2 Å². The predicted molar refractivity (Wildman–Crippen MR) is 130 cm³/mol. The number of rotatable bonds is 9. The second-order valence-corrected chi connectivity index (χ2v) is 9.17. The highest BCUT2D eigenvalue weighted by molar-refractivity contribution is 7.92. The molecule has 0 bridgehead atoms. The van der Waals surface area contributed by atoms with Crippen LogP contribution in [0.25, 0.3) is 0 Å². The molecule has 8 nitrogen and oxygen atoms in total. The van der Waals surface area contributed by atoms with E-state index in [9.17, 15) is 18.0 Å². The van der Waals surface area contributed by atoms with E-state index in [4.69, 9.17) is 9.47 Å². The second-order valence-electron chi connectivity index (χ2n) is 7.52. The molecule has 0 fully saturated rings. The lowest BCUT2D eigenvalue weighted by Gasteiger charge is -2.13. The van der Waals surface area contributed by atoms with Gasteiger partial charge in [-0.25, -0.2) is 13.2 Å². The van der Waals surface area contributed by atoms with E-state index < -0.39 is 28.5 Å². The number of esters is 1. The molecule has 0 aliphatic carbocycles. The number of methoxy groups -OCH3 is 1. The molecule has 178 valence electrons. The summed E-state index contributed by atoms with van der Waals surface area (Å²) >= 11 is 0. The van der Waals surface area contributed by atoms with Crippen LogP contribution in [0.4, 0.5) is 11.4 Å². The van der Waals surface area contributed by atoms with Crippen molar-refractivity contribution in [3.63, 3.8) is 0 Å². The lowest BCUT2D eigenvalue weighted by Crippen LogP contribution is -2.21. The normalized spacial score (nSPS) is 10.9. The molecule has 0 atom stereocenters. The monoisotopic (exact) mass is 482 g/mol. The molecule has 3 aromatic rings. The zero-order chi connectivity index (χ0) is 24.7. The van der Waals surface area contributed by atoms with Gasteiger partial charge in [-0.15, -0.1) is 0 Å². The number of aryl methyl sites for hydroxylation is 2. The number of carbonyl (C=O) groups is 2. The molecule has 3 aromatic carbocycles. The van der Waals surface area contributed by atoms with Gasteiger partial charge in [-0.1, -0.05) is 36.8 Å². The fourth-order valence-electron chi connectivity index (χ4n) is 3.13. The lowest BCUT2D eigenvalue weighted by atomic mass is 10.1. The fourth-order valence-corrected chi connectivity index (χ4v) is 4.38. The van der Waals surface area contributed by atoms with Gasteiger partial charge < -0.3 is 14.8 Å². The zero-order valence-corrected chi connectivity index (χ0v) is 19.9. The topological polar surface area (TPSA) is 111 Å². The van der Waals surface area contributed by atoms with Crippen LogP contribution in [-0.4, -0.2) is 34.0 Å². The van der Waals surface area contributed by atoms with Crippen molar-refractivity contribution in [3.05, 3.63) is 83.4 Å². The Balaban J connectivity index is 1.71. The van der Waals surface area contributed by atoms with Gasteiger partial charge in [0.2, 0.25) is 0 Å². The second kappa shape index (κ2) is 10.8. The molecule has 0 aliphatic heterocycles. The number of nitrogens with one attached hydrogen (secondary N) is 2. The van der Waals surface area contributed by atoms with Crippen LogP contribution >= 0.6 is 0 Å². The molecule has 0 heterocycles. The third kappa shape index (κ3) is 6.35. The Morgan fingerprint density at radius 2 is 1.68 bits per heavy atom. The largest absolute Gasteiger partial charge is 0.495 e. The van der Waals surface area contributed by atoms with Crippen molar-refractivity contribution in [3.8, 4) is 5.75 Å². The molecule has 3 rings (SSSR count). The van der Waals surface area contributed by atoms with Gasteiger partial charge in [-0.3, -0.25) is 9.52 Å². The van der Waals surface area contributed by atoms with Gasteiger partial charge in [0.05, 0.1) is 12.7 Å². The van der Waals surface area contributed by atoms with Crippen LogP contribution < -0.4 is 14.8 Å². The first-order valence-electron chi connectivity index (χ1n) is 10.5. The van der Waals surface area contributed by atoms with Crippen LogP contribution in [-0.2, 0) is 26.0 Å². The number of amides is 1. The first-order valence-corrected chi connectivity index (χ1v) is 12.0. The highest BCUT2D eigenvalue weighted by atomic mass is 32.2. The number of ether oxygens (including phenoxy) is 2. The van der Waals surface area contributed by atoms with Crippen molar-refractivity contribution in [2.24, 2.45) is 0 Å². The van der Waals surface area contributed by atoms with E-state index in [1.807, 2.05) is 32.0 Å². The Labute approximate surface area is 199 Å². The maximum Gasteiger partial charge on any atom is 0.338 e. The smallest absolute Gasteiger partial charge is 0.338 e. The van der Waals surface area contributed by atoms with Crippen molar-refractivity contribution in [1.82, 2.24) is 0 Å². The molecule has 0 aliphatic rings. The Hall–Kier alpha value is -3.85. The Morgan fingerprint density at radius 3 is 2.35 bits per heavy atom. The SMILES string of the molecule is CCc1cccc(NC(=O)COC(=O)c2ccc(OC)c(S(=O)(=O)Nc3ccc(C)cc3)c2)c1. The first kappa shape index (κ1) is 24.8. The molecule has 0 saturated carbocycles. The first-order chi connectivity index (χ1) is 16.2. The summed E-state index contributed by atoms with van der Waals surface area (Å²) in [5.41, 5.74) is 2.96. The van der Waals surface area contributed by atoms with Crippen molar-refractivity contribution in [1.29, 1.82) is 0 Å². The standard InChI is InChI=1S/C25H26N2O6S/c1-4-18-6-5-7-21(14-18)26-24(28)16-33-25(29)19-10-13-22(32-3)23(15-19)34(30,31)27-20-11-8-17(2)9-12-20/h5-15,27H,4,16H2,1-3H3,(H,26,28). The minimum absolute atomic E-state index is 0.0362. The predicted octanol–water partition coefficient (Wildman–Crippen LogP) is 4.16. The molecule has 0 unspecified atom stereocenters. The van der Waals surface area contributed by atoms with E-state index in [-0.39, 0.29) is 16.2 Å². The summed E-state index contributed by atoms with van der Waals surface area (Å²) < 4.78 is 38.6. The summed E-state index contributed by atoms with van der Waals surface area (Å²) in [6.07, 6.45) is 0.820. The van der Waals surface area contributed by atoms with E-state index in [1.54, 1.807) is 30.3 Å². The number of hydrogen-bond donors (Lipinski definition) is 2. The highest BCUT2D eigenvalue weighted by Crippen LogP contribution is 2.27. The van der Waals surface area contributed by atoms with Gasteiger partial charge in [0, 0.05) is 11.4 Å². The number of hydrogen-bond acceptors (Lipinski definition) is 6. The summed E-state index contributed by atoms with van der Waals surface area (Å²) in [5.74, 6) is -1.29. The Bertz CT molecular complexity index is 1290. The van der Waals surface area contributed by atoms with Crippen molar-refractivity contribution in [2.75, 3.05) is 23.8 Å². The molecule has 0 saturated heterocycles. The highest BCUT2D eigenvalue weighted by Gasteiger charge is 2.23. The summed E-state index contributed by atoms with van der Waals surface area (Å²) in [7, 11) is -2.74. The quantitative estimate of drug-likeness (QED) is 0.443. The van der Waals surface area contributed by atoms with Crippen LogP contribution in [0.3, 0.4) is 0 Å². The number of anilines is 2. The van der Waals surface area contributed by atoms with Gasteiger partial charge in [-0.05, 0) is 61.4 Å². The average molecular weight is 483 g/mol. The molecule has 0 aromatic heterocycles. The van der Waals surface area contributed by atoms with Crippen LogP contribution in [0.5, 0.6) is 5.75 Å². The van der Waals surface area contributed by atoms with Crippen LogP contribution in [0.1, 0.15) is 28.4 Å². The number of benzene rings is 3. The third-order valence-corrected chi connectivity index (χ3v) is 6.35. The molecule has 1 amide bonds. The fraction of sp³-hybridized carbons (Fsp3) is 0.200. The van der Waals surface area contributed by atoms with Gasteiger partial charge in [0.1, 0.15) is 10.6 Å². The number of sulfonamides is 1. The molecule has 34 heavy (non-hydrogen) atoms. The average Bonchev–Trinajstić information content (AvgIpc) is 2.83. The maximum absolute atomic E-state index is 13.0. The van der Waals surface area contributed by atoms with Crippen LogP contribution in [0.15, 0.2) is 71.6 Å². The van der Waals surface area contributed by atoms with E-state index in [2.05, 4.69) is 10.0 Å². The summed E-state index contributed by atoms with van der Waals surface area (Å²) in [4.78, 5) is 24.5. The summed E-state index contributed by atoms with van der Waals surface area (Å²) in [5, 5.41) is 2.67. The third-order valence-electron chi connectivity index (χ3n) is 4.95. The molecule has 0 radical (unpaired) electrons. The minimum atomic E-state index is -4.07. The van der Waals surface area contributed by atoms with E-state index in [0.717, 1.165) is 23.6 Å². The Kier molecular flexibility index (Phi) is 7.91. The minimum Gasteiger partial charge on any atom is -0.495 e. The van der Waals surface area contributed by atoms with Crippen LogP contribution in [0.2, 0.25) is 0 Å². The molecular weight excluding hydrogens is 456 g/mol. The molecule has 2 N–H and O–H groups in total. The molecule has 9 heteroatoms. The van der Waals surface area contributed by atoms with Gasteiger partial charge in [-0.2, -0.15) is 0 Å². The summed E-state index contributed by atoms with van der Waals surface area (Å²) in [6.45, 7) is 3.37. The van der Waals surface area contributed by atoms with E-state index in [1.165, 1.54) is 19.2 Å². The van der Waals surface area contributed by atoms with Gasteiger partial charge in [0.15, 0.2) is 6.61 Å². The van der Waals surface area contributed by atoms with Gasteiger partial charge in [0.25, 0.3) is 15.9 Å². The van der Waals surface area contributed by atoms with E-state index >= 15 is 0 Å². The number of carbonyl (C=O) groups excluding carboxylic acids is 2. The lowest BCUT2D eigenvalue weighted by molar-refractivity contribution is -0.119. The van der Waals surface area contributed by atoms with E-state index in [0.29, 0.717) is 11.4 Å². The van der Waals surface area contributed by atoms with Gasteiger partial charge >= 0.3 is 5.97 Å². The summed E-state index contributed by atoms with van der Waals surface area (Å²) in [6, 6.07) is 18.0. The van der Waals surface area contributed by atoms with Crippen molar-refractivity contribution < 1.29 is 27.5 Å². The molecule has 0 spiro atoms. The maximum atomic E-state index is 13.0. The van der Waals surface area contributed by atoms with Crippen LogP contribution in [0, 0.1) is 6.92 Å². The zero-order valence-electron chi connectivity index (χ0n) is 19.1. The Morgan fingerprint density at radius 1 is 0.941 bits per heavy atom.